The van der Waals surface area contributed by atoms with E-state index in [0.29, 0.717) is 16.4 Å². The lowest BCUT2D eigenvalue weighted by Gasteiger charge is -2.03. The van der Waals surface area contributed by atoms with E-state index < -0.39 is 5.82 Å². The molecule has 0 aliphatic heterocycles. The van der Waals surface area contributed by atoms with E-state index in [2.05, 4.69) is 20.4 Å². The van der Waals surface area contributed by atoms with E-state index in [1.165, 1.54) is 10.7 Å². The van der Waals surface area contributed by atoms with Crippen LogP contribution < -0.4 is 0 Å². The number of aromatic nitrogens is 5. The van der Waals surface area contributed by atoms with Gasteiger partial charge >= 0.3 is 0 Å². The first-order chi connectivity index (χ1) is 13.6. The first kappa shape index (κ1) is 18.3. The van der Waals surface area contributed by atoms with Crippen LogP contribution in [0.15, 0.2) is 59.7 Å². The van der Waals surface area contributed by atoms with Gasteiger partial charge in [-0.3, -0.25) is 0 Å². The highest BCUT2D eigenvalue weighted by Crippen LogP contribution is 2.23. The van der Waals surface area contributed by atoms with E-state index >= 15 is 0 Å². The molecule has 1 N–H and O–H groups in total. The lowest BCUT2D eigenvalue weighted by molar-refractivity contribution is 0.628. The van der Waals surface area contributed by atoms with Gasteiger partial charge in [-0.1, -0.05) is 41.9 Å². The summed E-state index contributed by atoms with van der Waals surface area (Å²) in [5.41, 5.74) is 2.45. The average Bonchev–Trinajstić information content (AvgIpc) is 3.20. The van der Waals surface area contributed by atoms with Crippen LogP contribution in [0.3, 0.4) is 0 Å². The molecule has 28 heavy (non-hydrogen) atoms. The fourth-order valence-corrected chi connectivity index (χ4v) is 3.23. The van der Waals surface area contributed by atoms with Gasteiger partial charge in [-0.15, -0.1) is 0 Å². The lowest BCUT2D eigenvalue weighted by atomic mass is 10.2. The zero-order valence-corrected chi connectivity index (χ0v) is 16.2. The van der Waals surface area contributed by atoms with Gasteiger partial charge in [0.1, 0.15) is 11.0 Å². The summed E-state index contributed by atoms with van der Waals surface area (Å²) in [6.07, 6.45) is 1.54. The minimum atomic E-state index is -0.418. The second-order valence-electron chi connectivity index (χ2n) is 5.93. The van der Waals surface area contributed by atoms with Gasteiger partial charge in [0.25, 0.3) is 0 Å². The second kappa shape index (κ2) is 7.49. The Labute approximate surface area is 169 Å². The number of para-hydroxylation sites is 1. The molecule has 4 rings (SSSR count). The molecule has 2 heterocycles. The van der Waals surface area contributed by atoms with Crippen molar-refractivity contribution in [1.82, 2.24) is 24.7 Å². The number of nitrogens with one attached hydrogen (secondary N) is 1. The van der Waals surface area contributed by atoms with E-state index in [-0.39, 0.29) is 16.2 Å². The van der Waals surface area contributed by atoms with Crippen molar-refractivity contribution < 1.29 is 4.39 Å². The zero-order valence-electron chi connectivity index (χ0n) is 14.7. The second-order valence-corrected chi connectivity index (χ2v) is 6.67. The Kier molecular flexibility index (Phi) is 4.89. The van der Waals surface area contributed by atoms with Crippen molar-refractivity contribution in [3.8, 4) is 17.1 Å². The number of rotatable bonds is 4. The number of H-pyrrole nitrogens is 1. The van der Waals surface area contributed by atoms with Crippen molar-refractivity contribution in [3.63, 3.8) is 0 Å². The van der Waals surface area contributed by atoms with E-state index in [4.69, 9.17) is 23.8 Å². The molecule has 140 valence electrons. The number of hydrogen-bond acceptors (Lipinski definition) is 4. The zero-order chi connectivity index (χ0) is 19.7. The molecule has 0 spiro atoms. The molecule has 0 amide bonds. The number of halogens is 2. The third-order valence-corrected chi connectivity index (χ3v) is 4.74. The van der Waals surface area contributed by atoms with E-state index in [9.17, 15) is 4.39 Å². The van der Waals surface area contributed by atoms with Crippen LogP contribution in [-0.4, -0.2) is 30.9 Å². The van der Waals surface area contributed by atoms with Crippen molar-refractivity contribution in [1.29, 1.82) is 0 Å². The minimum absolute atomic E-state index is 0.235. The van der Waals surface area contributed by atoms with Crippen LogP contribution in [0.4, 0.5) is 4.39 Å². The maximum Gasteiger partial charge on any atom is 0.216 e. The van der Waals surface area contributed by atoms with Crippen LogP contribution in [0.1, 0.15) is 11.3 Å². The van der Waals surface area contributed by atoms with Gasteiger partial charge in [0.2, 0.25) is 4.77 Å². The highest BCUT2D eigenvalue weighted by molar-refractivity contribution is 7.71. The molecular formula is C19H14ClFN6S. The largest absolute Gasteiger partial charge is 0.250 e. The summed E-state index contributed by atoms with van der Waals surface area (Å²) in [5.74, 6) is -0.150. The molecule has 9 heteroatoms. The number of aryl methyl sites for hydroxylation is 1. The molecule has 0 fully saturated rings. The molecule has 0 aliphatic carbocycles. The van der Waals surface area contributed by atoms with Gasteiger partial charge in [0.05, 0.1) is 28.7 Å². The number of benzene rings is 2. The maximum atomic E-state index is 14.2. The number of nitrogens with zero attached hydrogens (tertiary/aromatic N) is 5. The van der Waals surface area contributed by atoms with Crippen LogP contribution in [0.25, 0.3) is 17.1 Å². The third-order valence-electron chi connectivity index (χ3n) is 4.12. The number of hydrogen-bond donors (Lipinski definition) is 1. The molecule has 2 aromatic heterocycles. The highest BCUT2D eigenvalue weighted by Gasteiger charge is 2.15. The molecule has 0 bridgehead atoms. The van der Waals surface area contributed by atoms with Crippen LogP contribution in [-0.2, 0) is 0 Å². The predicted octanol–water partition coefficient (Wildman–Crippen LogP) is 4.78. The molecule has 0 saturated heterocycles. The SMILES string of the molecule is Cc1nn(-c2ccccc2)c(Cl)c1/C=N\n1c(-c2ccccc2F)n[nH]c1=S. The topological polar surface area (TPSA) is 63.8 Å². The van der Waals surface area contributed by atoms with Gasteiger partial charge in [0.15, 0.2) is 5.82 Å². The molecule has 0 radical (unpaired) electrons. The normalized spacial score (nSPS) is 11.4. The van der Waals surface area contributed by atoms with E-state index in [0.717, 1.165) is 5.69 Å². The Morgan fingerprint density at radius 2 is 1.86 bits per heavy atom. The molecule has 0 aliphatic rings. The van der Waals surface area contributed by atoms with E-state index in [1.54, 1.807) is 29.1 Å². The standard InChI is InChI=1S/C19H14ClFN6S/c1-12-15(17(20)26(25-12)13-7-3-2-4-8-13)11-22-27-18(23-24-19(27)28)14-9-5-6-10-16(14)21/h2-11H,1H3,(H,24,28)/b22-11-. The number of aromatic amines is 1. The molecule has 0 atom stereocenters. The Bertz CT molecular complexity index is 1220. The van der Waals surface area contributed by atoms with Gasteiger partial charge in [-0.2, -0.15) is 20.0 Å². The lowest BCUT2D eigenvalue weighted by Crippen LogP contribution is -1.98. The summed E-state index contributed by atoms with van der Waals surface area (Å²) in [6, 6.07) is 15.8. The summed E-state index contributed by atoms with van der Waals surface area (Å²) < 4.78 is 17.4. The van der Waals surface area contributed by atoms with Gasteiger partial charge in [-0.05, 0) is 43.4 Å². The van der Waals surface area contributed by atoms with Crippen molar-refractivity contribution in [2.75, 3.05) is 0 Å². The molecule has 2 aromatic carbocycles. The molecule has 4 aromatic rings. The van der Waals surface area contributed by atoms with Gasteiger partial charge < -0.3 is 0 Å². The summed E-state index contributed by atoms with van der Waals surface area (Å²) in [4.78, 5) is 0. The van der Waals surface area contributed by atoms with Crippen molar-refractivity contribution in [2.45, 2.75) is 6.92 Å². The van der Waals surface area contributed by atoms with E-state index in [1.807, 2.05) is 37.3 Å². The Hall–Kier alpha value is -3.10. The Balaban J connectivity index is 1.76. The first-order valence-corrected chi connectivity index (χ1v) is 9.12. The van der Waals surface area contributed by atoms with Crippen molar-refractivity contribution >= 4 is 30.0 Å². The summed E-state index contributed by atoms with van der Waals surface area (Å²) in [7, 11) is 0. The average molecular weight is 413 g/mol. The smallest absolute Gasteiger partial charge is 0.216 e. The summed E-state index contributed by atoms with van der Waals surface area (Å²) >= 11 is 11.8. The molecule has 6 nitrogen and oxygen atoms in total. The van der Waals surface area contributed by atoms with Gasteiger partial charge in [0, 0.05) is 0 Å². The fraction of sp³-hybridized carbons (Fsp3) is 0.0526. The third kappa shape index (κ3) is 3.28. The van der Waals surface area contributed by atoms with Crippen LogP contribution in [0.2, 0.25) is 5.15 Å². The fourth-order valence-electron chi connectivity index (χ4n) is 2.73. The summed E-state index contributed by atoms with van der Waals surface area (Å²) in [5, 5.41) is 16.0. The minimum Gasteiger partial charge on any atom is -0.250 e. The predicted molar refractivity (Wildman–Crippen MR) is 109 cm³/mol. The van der Waals surface area contributed by atoms with Crippen LogP contribution in [0, 0.1) is 17.5 Å². The van der Waals surface area contributed by atoms with Crippen molar-refractivity contribution in [3.05, 3.63) is 81.6 Å². The monoisotopic (exact) mass is 412 g/mol. The van der Waals surface area contributed by atoms with Crippen molar-refractivity contribution in [2.24, 2.45) is 5.10 Å². The summed E-state index contributed by atoms with van der Waals surface area (Å²) in [6.45, 7) is 1.83. The van der Waals surface area contributed by atoms with Crippen LogP contribution in [0.5, 0.6) is 0 Å². The Morgan fingerprint density at radius 1 is 1.14 bits per heavy atom. The molecule has 0 saturated carbocycles. The highest BCUT2D eigenvalue weighted by atomic mass is 35.5. The Morgan fingerprint density at radius 3 is 2.61 bits per heavy atom. The molecular weight excluding hydrogens is 399 g/mol. The maximum absolute atomic E-state index is 14.2. The quantitative estimate of drug-likeness (QED) is 0.387. The van der Waals surface area contributed by atoms with Crippen LogP contribution >= 0.6 is 23.8 Å². The first-order valence-electron chi connectivity index (χ1n) is 8.33. The molecule has 0 unspecified atom stereocenters. The van der Waals surface area contributed by atoms with Gasteiger partial charge in [-0.25, -0.2) is 14.2 Å².